The summed E-state index contributed by atoms with van der Waals surface area (Å²) in [6.07, 6.45) is 1.58. The van der Waals surface area contributed by atoms with Crippen LogP contribution in [0, 0.1) is 0 Å². The van der Waals surface area contributed by atoms with Crippen molar-refractivity contribution in [3.05, 3.63) is 40.9 Å². The highest BCUT2D eigenvalue weighted by Crippen LogP contribution is 2.15. The average Bonchev–Trinajstić information content (AvgIpc) is 2.91. The first-order chi connectivity index (χ1) is 9.97. The highest BCUT2D eigenvalue weighted by Gasteiger charge is 2.14. The molecule has 1 heterocycles. The highest BCUT2D eigenvalue weighted by atomic mass is 35.5. The average molecular weight is 346 g/mol. The summed E-state index contributed by atoms with van der Waals surface area (Å²) in [5, 5.41) is 5.12. The minimum absolute atomic E-state index is 0.00788. The molecule has 2 aromatic rings. The molecular formula is C12H12ClN3O3S2. The van der Waals surface area contributed by atoms with Crippen LogP contribution in [0.1, 0.15) is 6.42 Å². The van der Waals surface area contributed by atoms with E-state index in [1.165, 1.54) is 23.5 Å². The fourth-order valence-corrected chi connectivity index (χ4v) is 3.36. The van der Waals surface area contributed by atoms with Crippen molar-refractivity contribution in [1.29, 1.82) is 0 Å². The molecule has 0 aliphatic rings. The second kappa shape index (κ2) is 6.99. The van der Waals surface area contributed by atoms with Gasteiger partial charge in [-0.25, -0.2) is 18.1 Å². The zero-order chi connectivity index (χ0) is 15.3. The maximum Gasteiger partial charge on any atom is 0.240 e. The summed E-state index contributed by atoms with van der Waals surface area (Å²) in [6, 6.07) is 5.91. The topological polar surface area (TPSA) is 88.2 Å². The Labute approximate surface area is 131 Å². The Balaban J connectivity index is 1.86. The van der Waals surface area contributed by atoms with Gasteiger partial charge < -0.3 is 5.32 Å². The molecule has 0 aliphatic heterocycles. The summed E-state index contributed by atoms with van der Waals surface area (Å²) >= 11 is 7.05. The molecule has 1 aromatic heterocycles. The first kappa shape index (κ1) is 15.9. The lowest BCUT2D eigenvalue weighted by Crippen LogP contribution is -2.27. The predicted octanol–water partition coefficient (Wildman–Crippen LogP) is 2.10. The molecule has 9 heteroatoms. The van der Waals surface area contributed by atoms with Gasteiger partial charge in [-0.05, 0) is 18.2 Å². The van der Waals surface area contributed by atoms with Gasteiger partial charge in [0.25, 0.3) is 0 Å². The Morgan fingerprint density at radius 1 is 1.38 bits per heavy atom. The number of aromatic nitrogens is 1. The van der Waals surface area contributed by atoms with Gasteiger partial charge in [0.2, 0.25) is 15.9 Å². The van der Waals surface area contributed by atoms with Crippen LogP contribution in [-0.4, -0.2) is 25.9 Å². The monoisotopic (exact) mass is 345 g/mol. The number of hydrogen-bond acceptors (Lipinski definition) is 5. The molecule has 2 rings (SSSR count). The van der Waals surface area contributed by atoms with Crippen LogP contribution in [0.25, 0.3) is 0 Å². The van der Waals surface area contributed by atoms with Gasteiger partial charge in [-0.3, -0.25) is 4.79 Å². The van der Waals surface area contributed by atoms with Crippen molar-refractivity contribution in [3.63, 3.8) is 0 Å². The Morgan fingerprint density at radius 2 is 2.19 bits per heavy atom. The highest BCUT2D eigenvalue weighted by molar-refractivity contribution is 7.89. The predicted molar refractivity (Wildman–Crippen MR) is 82.0 cm³/mol. The van der Waals surface area contributed by atoms with E-state index in [0.717, 1.165) is 0 Å². The summed E-state index contributed by atoms with van der Waals surface area (Å²) in [5.74, 6) is -0.307. The third-order valence-corrected chi connectivity index (χ3v) is 4.81. The number of carbonyl (C=O) groups is 1. The van der Waals surface area contributed by atoms with Crippen molar-refractivity contribution in [2.75, 3.05) is 11.9 Å². The van der Waals surface area contributed by atoms with Gasteiger partial charge in [-0.15, -0.1) is 11.3 Å². The molecule has 0 atom stereocenters. The first-order valence-electron chi connectivity index (χ1n) is 5.92. The van der Waals surface area contributed by atoms with Crippen molar-refractivity contribution in [2.45, 2.75) is 11.3 Å². The maximum atomic E-state index is 12.0. The molecule has 6 nitrogen and oxygen atoms in total. The second-order valence-corrected chi connectivity index (χ2v) is 7.09. The number of sulfonamides is 1. The molecule has 2 N–H and O–H groups in total. The van der Waals surface area contributed by atoms with Gasteiger partial charge in [0, 0.05) is 29.6 Å². The van der Waals surface area contributed by atoms with Crippen LogP contribution < -0.4 is 10.0 Å². The Kier molecular flexibility index (Phi) is 5.29. The molecule has 1 amide bonds. The zero-order valence-corrected chi connectivity index (χ0v) is 13.1. The lowest BCUT2D eigenvalue weighted by Gasteiger charge is -2.07. The van der Waals surface area contributed by atoms with Gasteiger partial charge in [0.1, 0.15) is 0 Å². The van der Waals surface area contributed by atoms with E-state index >= 15 is 0 Å². The molecule has 1 aromatic carbocycles. The third kappa shape index (κ3) is 4.78. The number of nitrogens with zero attached hydrogens (tertiary/aromatic N) is 1. The number of carbonyl (C=O) groups excluding carboxylic acids is 1. The molecule has 0 saturated heterocycles. The van der Waals surface area contributed by atoms with Crippen LogP contribution in [0.3, 0.4) is 0 Å². The van der Waals surface area contributed by atoms with Gasteiger partial charge in [-0.2, -0.15) is 0 Å². The molecule has 0 saturated carbocycles. The number of thiazole rings is 1. The number of hydrogen-bond donors (Lipinski definition) is 2. The Hall–Kier alpha value is -1.48. The number of rotatable bonds is 6. The van der Waals surface area contributed by atoms with E-state index in [1.54, 1.807) is 23.7 Å². The normalized spacial score (nSPS) is 11.3. The summed E-state index contributed by atoms with van der Waals surface area (Å²) < 4.78 is 26.3. The lowest BCUT2D eigenvalue weighted by molar-refractivity contribution is -0.116. The minimum atomic E-state index is -3.67. The van der Waals surface area contributed by atoms with E-state index in [9.17, 15) is 13.2 Å². The van der Waals surface area contributed by atoms with Crippen molar-refractivity contribution in [2.24, 2.45) is 0 Å². The number of nitrogens with one attached hydrogen (secondary N) is 2. The van der Waals surface area contributed by atoms with E-state index in [-0.39, 0.29) is 23.8 Å². The van der Waals surface area contributed by atoms with Crippen molar-refractivity contribution in [3.8, 4) is 0 Å². The van der Waals surface area contributed by atoms with Crippen LogP contribution in [0.5, 0.6) is 0 Å². The molecule has 112 valence electrons. The third-order valence-electron chi connectivity index (χ3n) is 2.43. The summed E-state index contributed by atoms with van der Waals surface area (Å²) in [4.78, 5) is 15.6. The second-order valence-electron chi connectivity index (χ2n) is 3.99. The first-order valence-corrected chi connectivity index (χ1v) is 8.66. The van der Waals surface area contributed by atoms with Crippen molar-refractivity contribution >= 4 is 44.0 Å². The Bertz CT molecular complexity index is 717. The molecule has 0 fully saturated rings. The van der Waals surface area contributed by atoms with Gasteiger partial charge in [0.05, 0.1) is 4.90 Å². The number of benzene rings is 1. The Morgan fingerprint density at radius 3 is 2.86 bits per heavy atom. The number of amides is 1. The van der Waals surface area contributed by atoms with E-state index in [2.05, 4.69) is 15.0 Å². The molecule has 0 bridgehead atoms. The van der Waals surface area contributed by atoms with E-state index in [1.807, 2.05) is 0 Å². The lowest BCUT2D eigenvalue weighted by atomic mass is 10.4. The van der Waals surface area contributed by atoms with Crippen molar-refractivity contribution < 1.29 is 13.2 Å². The van der Waals surface area contributed by atoms with Crippen molar-refractivity contribution in [1.82, 2.24) is 9.71 Å². The number of halogens is 1. The standard InChI is InChI=1S/C12H12ClN3O3S2/c13-9-2-1-3-10(8-9)21(18,19)15-5-4-11(17)16-12-14-6-7-20-12/h1-3,6-8,15H,4-5H2,(H,14,16,17). The van der Waals surface area contributed by atoms with Crippen LogP contribution in [-0.2, 0) is 14.8 Å². The molecule has 0 unspecified atom stereocenters. The van der Waals surface area contributed by atoms with E-state index < -0.39 is 10.0 Å². The maximum absolute atomic E-state index is 12.0. The van der Waals surface area contributed by atoms with Gasteiger partial charge >= 0.3 is 0 Å². The largest absolute Gasteiger partial charge is 0.302 e. The molecule has 0 aliphatic carbocycles. The van der Waals surface area contributed by atoms with Gasteiger partial charge in [-0.1, -0.05) is 17.7 Å². The molecular weight excluding hydrogens is 334 g/mol. The fraction of sp³-hybridized carbons (Fsp3) is 0.167. The quantitative estimate of drug-likeness (QED) is 0.839. The van der Waals surface area contributed by atoms with Crippen LogP contribution in [0.2, 0.25) is 5.02 Å². The fourth-order valence-electron chi connectivity index (χ4n) is 1.48. The molecule has 0 radical (unpaired) electrons. The summed E-state index contributed by atoms with van der Waals surface area (Å²) in [6.45, 7) is -0.00788. The summed E-state index contributed by atoms with van der Waals surface area (Å²) in [7, 11) is -3.67. The zero-order valence-electron chi connectivity index (χ0n) is 10.7. The van der Waals surface area contributed by atoms with Gasteiger partial charge in [0.15, 0.2) is 5.13 Å². The van der Waals surface area contributed by atoms with Crippen LogP contribution in [0.15, 0.2) is 40.7 Å². The number of anilines is 1. The van der Waals surface area contributed by atoms with E-state index in [0.29, 0.717) is 10.2 Å². The SMILES string of the molecule is O=C(CCNS(=O)(=O)c1cccc(Cl)c1)Nc1nccs1. The minimum Gasteiger partial charge on any atom is -0.302 e. The van der Waals surface area contributed by atoms with Crippen LogP contribution in [0.4, 0.5) is 5.13 Å². The smallest absolute Gasteiger partial charge is 0.240 e. The van der Waals surface area contributed by atoms with E-state index in [4.69, 9.17) is 11.6 Å². The molecule has 21 heavy (non-hydrogen) atoms. The molecule has 0 spiro atoms. The van der Waals surface area contributed by atoms with Crippen LogP contribution >= 0.6 is 22.9 Å². The summed E-state index contributed by atoms with van der Waals surface area (Å²) in [5.41, 5.74) is 0.